The maximum atomic E-state index is 6.72. The molecule has 0 amide bonds. The molecule has 0 bridgehead atoms. The zero-order valence-corrected chi connectivity index (χ0v) is 22.7. The first-order valence-electron chi connectivity index (χ1n) is 13.5. The molecular formula is C37H37N. The minimum Gasteiger partial charge on any atom is -0.398 e. The monoisotopic (exact) mass is 495 g/mol. The van der Waals surface area contributed by atoms with E-state index in [0.717, 1.165) is 46.2 Å². The van der Waals surface area contributed by atoms with Gasteiger partial charge in [-0.15, -0.1) is 0 Å². The fourth-order valence-electron chi connectivity index (χ4n) is 5.02. The van der Waals surface area contributed by atoms with Gasteiger partial charge in [0.15, 0.2) is 0 Å². The van der Waals surface area contributed by atoms with E-state index in [1.165, 1.54) is 27.6 Å². The molecule has 1 nitrogen and oxygen atoms in total. The van der Waals surface area contributed by atoms with Crippen LogP contribution in [0.3, 0.4) is 0 Å². The Hall–Kier alpha value is -4.36. The minimum absolute atomic E-state index is 0.780. The Balaban J connectivity index is 0.00000164. The molecule has 5 rings (SSSR count). The number of rotatable bonds is 7. The maximum absolute atomic E-state index is 6.72. The largest absolute Gasteiger partial charge is 0.398 e. The Labute approximate surface area is 228 Å². The topological polar surface area (TPSA) is 26.0 Å². The van der Waals surface area contributed by atoms with Gasteiger partial charge in [0.25, 0.3) is 0 Å². The molecular weight excluding hydrogens is 458 g/mol. The highest BCUT2D eigenvalue weighted by molar-refractivity contribution is 6.06. The normalized spacial score (nSPS) is 11.1. The van der Waals surface area contributed by atoms with E-state index in [-0.39, 0.29) is 0 Å². The zero-order chi connectivity index (χ0) is 26.9. The molecule has 2 N–H and O–H groups in total. The van der Waals surface area contributed by atoms with Crippen molar-refractivity contribution in [2.24, 2.45) is 0 Å². The number of nitrogen functional groups attached to an aromatic ring is 1. The summed E-state index contributed by atoms with van der Waals surface area (Å²) in [7, 11) is 0. The molecule has 5 aromatic carbocycles. The summed E-state index contributed by atoms with van der Waals surface area (Å²) < 4.78 is 0. The van der Waals surface area contributed by atoms with Gasteiger partial charge in [0, 0.05) is 11.3 Å². The molecule has 0 saturated heterocycles. The van der Waals surface area contributed by atoms with E-state index >= 15 is 0 Å². The van der Waals surface area contributed by atoms with Crippen LogP contribution >= 0.6 is 0 Å². The number of hydrogen-bond donors (Lipinski definition) is 1. The number of hydrogen-bond acceptors (Lipinski definition) is 1. The fourth-order valence-corrected chi connectivity index (χ4v) is 5.02. The van der Waals surface area contributed by atoms with Crippen molar-refractivity contribution in [1.82, 2.24) is 0 Å². The van der Waals surface area contributed by atoms with Gasteiger partial charge in [0.2, 0.25) is 0 Å². The number of fused-ring (bicyclic) bond motifs is 1. The van der Waals surface area contributed by atoms with E-state index in [4.69, 9.17) is 5.73 Å². The average molecular weight is 496 g/mol. The van der Waals surface area contributed by atoms with Gasteiger partial charge in [0.05, 0.1) is 0 Å². The lowest BCUT2D eigenvalue weighted by Crippen LogP contribution is -1.98. The van der Waals surface area contributed by atoms with E-state index in [0.29, 0.717) is 0 Å². The first-order chi connectivity index (χ1) is 18.7. The molecule has 0 aliphatic carbocycles. The second-order valence-corrected chi connectivity index (χ2v) is 9.16. The van der Waals surface area contributed by atoms with Crippen molar-refractivity contribution in [1.29, 1.82) is 0 Å². The van der Waals surface area contributed by atoms with Crippen molar-refractivity contribution in [2.75, 3.05) is 5.73 Å². The van der Waals surface area contributed by atoms with Crippen LogP contribution in [0.5, 0.6) is 0 Å². The summed E-state index contributed by atoms with van der Waals surface area (Å²) in [6, 6.07) is 40.4. The van der Waals surface area contributed by atoms with Gasteiger partial charge in [-0.3, -0.25) is 0 Å². The average Bonchev–Trinajstić information content (AvgIpc) is 2.99. The first-order valence-corrected chi connectivity index (χ1v) is 13.5. The van der Waals surface area contributed by atoms with E-state index in [1.54, 1.807) is 0 Å². The highest BCUT2D eigenvalue weighted by Crippen LogP contribution is 2.39. The third-order valence-electron chi connectivity index (χ3n) is 6.92. The van der Waals surface area contributed by atoms with Gasteiger partial charge in [-0.1, -0.05) is 136 Å². The summed E-state index contributed by atoms with van der Waals surface area (Å²) in [5, 5.41) is 2.36. The lowest BCUT2D eigenvalue weighted by molar-refractivity contribution is 1.09. The minimum atomic E-state index is 0.780. The first kappa shape index (κ1) is 26.7. The van der Waals surface area contributed by atoms with Crippen molar-refractivity contribution < 1.29 is 0 Å². The van der Waals surface area contributed by atoms with Gasteiger partial charge < -0.3 is 5.73 Å². The third kappa shape index (κ3) is 5.79. The molecule has 0 heterocycles. The number of anilines is 1. The fraction of sp³-hybridized carbons (Fsp3) is 0.135. The summed E-state index contributed by atoms with van der Waals surface area (Å²) in [4.78, 5) is 0. The molecule has 38 heavy (non-hydrogen) atoms. The van der Waals surface area contributed by atoms with Crippen LogP contribution in [0, 0.1) is 0 Å². The number of nitrogens with two attached hydrogens (primary N) is 1. The number of allylic oxidation sites excluding steroid dienone is 3. The molecule has 5 aromatic rings. The molecule has 0 aliphatic heterocycles. The summed E-state index contributed by atoms with van der Waals surface area (Å²) >= 11 is 0. The van der Waals surface area contributed by atoms with Gasteiger partial charge in [-0.05, 0) is 75.6 Å². The standard InChI is InChI=1S/C35H31N.C2H6/c1-3-26(27-12-6-4-7-13-27)19-18-25(2)35-32-17-11-10-16-31(32)33(24-34(35)36)30-22-20-29(21-23-30)28-14-8-5-9-15-28;1-2/h3-17,20-24H,2,18-19,36H2,1H3;1-2H3/b26-3+;. The molecule has 0 aliphatic rings. The van der Waals surface area contributed by atoms with E-state index in [9.17, 15) is 0 Å². The van der Waals surface area contributed by atoms with Crippen molar-refractivity contribution >= 4 is 27.6 Å². The smallest absolute Gasteiger partial charge is 0.0402 e. The van der Waals surface area contributed by atoms with Crippen molar-refractivity contribution in [3.8, 4) is 22.3 Å². The molecule has 0 aromatic heterocycles. The Morgan fingerprint density at radius 1 is 0.658 bits per heavy atom. The van der Waals surface area contributed by atoms with Crippen molar-refractivity contribution in [3.63, 3.8) is 0 Å². The van der Waals surface area contributed by atoms with Crippen LogP contribution in [0.25, 0.3) is 44.2 Å². The Kier molecular flexibility index (Phi) is 8.95. The molecule has 190 valence electrons. The lowest BCUT2D eigenvalue weighted by Gasteiger charge is -2.17. The maximum Gasteiger partial charge on any atom is 0.0402 e. The van der Waals surface area contributed by atoms with Crippen LogP contribution < -0.4 is 5.73 Å². The molecule has 0 saturated carbocycles. The SMILES string of the molecule is C=C(CC/C(=C\C)c1ccccc1)c1c(N)cc(-c2ccc(-c3ccccc3)cc2)c2ccccc12.CC. The molecule has 0 atom stereocenters. The van der Waals surface area contributed by atoms with E-state index < -0.39 is 0 Å². The van der Waals surface area contributed by atoms with Crippen molar-refractivity contribution in [3.05, 3.63) is 139 Å². The van der Waals surface area contributed by atoms with Crippen molar-refractivity contribution in [2.45, 2.75) is 33.6 Å². The predicted octanol–water partition coefficient (Wildman–Crippen LogP) is 10.7. The Morgan fingerprint density at radius 2 is 1.18 bits per heavy atom. The Bertz CT molecular complexity index is 1530. The second-order valence-electron chi connectivity index (χ2n) is 9.16. The van der Waals surface area contributed by atoms with Crippen LogP contribution in [0.15, 0.2) is 128 Å². The molecule has 1 heteroatoms. The predicted molar refractivity (Wildman–Crippen MR) is 169 cm³/mol. The molecule has 0 spiro atoms. The number of benzene rings is 5. The molecule has 0 radical (unpaired) electrons. The van der Waals surface area contributed by atoms with E-state index in [1.807, 2.05) is 19.9 Å². The van der Waals surface area contributed by atoms with Crippen LogP contribution in [0.2, 0.25) is 0 Å². The highest BCUT2D eigenvalue weighted by atomic mass is 14.6. The summed E-state index contributed by atoms with van der Waals surface area (Å²) in [5.41, 5.74) is 17.0. The lowest BCUT2D eigenvalue weighted by atomic mass is 9.88. The van der Waals surface area contributed by atoms with E-state index in [2.05, 4.69) is 129 Å². The van der Waals surface area contributed by atoms with Crippen LogP contribution in [-0.4, -0.2) is 0 Å². The van der Waals surface area contributed by atoms with Crippen LogP contribution in [-0.2, 0) is 0 Å². The van der Waals surface area contributed by atoms with Crippen LogP contribution in [0.1, 0.15) is 44.7 Å². The molecule has 0 fully saturated rings. The summed E-state index contributed by atoms with van der Waals surface area (Å²) in [5.74, 6) is 0. The summed E-state index contributed by atoms with van der Waals surface area (Å²) in [6.45, 7) is 10.6. The summed E-state index contributed by atoms with van der Waals surface area (Å²) in [6.07, 6.45) is 3.98. The molecule has 0 unspecified atom stereocenters. The van der Waals surface area contributed by atoms with Gasteiger partial charge in [-0.2, -0.15) is 0 Å². The zero-order valence-electron chi connectivity index (χ0n) is 22.7. The third-order valence-corrected chi connectivity index (χ3v) is 6.92. The Morgan fingerprint density at radius 3 is 1.82 bits per heavy atom. The second kappa shape index (κ2) is 12.7. The van der Waals surface area contributed by atoms with Gasteiger partial charge in [-0.25, -0.2) is 0 Å². The highest BCUT2D eigenvalue weighted by Gasteiger charge is 2.15. The quantitative estimate of drug-likeness (QED) is 0.223. The van der Waals surface area contributed by atoms with Gasteiger partial charge in [0.1, 0.15) is 0 Å². The van der Waals surface area contributed by atoms with Crippen LogP contribution in [0.4, 0.5) is 5.69 Å². The van der Waals surface area contributed by atoms with Gasteiger partial charge >= 0.3 is 0 Å².